The normalized spacial score (nSPS) is 21.3. The molecule has 1 aromatic carbocycles. The highest BCUT2D eigenvalue weighted by atomic mass is 32.2. The van der Waals surface area contributed by atoms with Crippen molar-refractivity contribution in [2.45, 2.75) is 50.8 Å². The van der Waals surface area contributed by atoms with Crippen molar-refractivity contribution in [3.8, 4) is 5.75 Å². The first-order chi connectivity index (χ1) is 9.86. The lowest BCUT2D eigenvalue weighted by Crippen LogP contribution is -2.38. The van der Waals surface area contributed by atoms with Crippen molar-refractivity contribution >= 4 is 11.8 Å². The topological polar surface area (TPSA) is 21.3 Å². The van der Waals surface area contributed by atoms with E-state index in [-0.39, 0.29) is 0 Å². The Morgan fingerprint density at radius 3 is 2.85 bits per heavy atom. The van der Waals surface area contributed by atoms with Gasteiger partial charge in [0.15, 0.2) is 0 Å². The van der Waals surface area contributed by atoms with Crippen molar-refractivity contribution in [2.24, 2.45) is 0 Å². The van der Waals surface area contributed by atoms with Gasteiger partial charge < -0.3 is 10.1 Å². The van der Waals surface area contributed by atoms with Crippen molar-refractivity contribution in [2.75, 3.05) is 18.9 Å². The molecular formula is C17H27NOS. The first-order valence-electron chi connectivity index (χ1n) is 7.93. The van der Waals surface area contributed by atoms with E-state index in [1.54, 1.807) is 0 Å². The van der Waals surface area contributed by atoms with Gasteiger partial charge in [0, 0.05) is 5.56 Å². The molecule has 0 radical (unpaired) electrons. The second-order valence-corrected chi connectivity index (χ2v) is 6.74. The number of thioether (sulfide) groups is 1. The quantitative estimate of drug-likeness (QED) is 0.717. The Kier molecular flexibility index (Phi) is 6.74. The third-order valence-electron chi connectivity index (χ3n) is 3.72. The Morgan fingerprint density at radius 1 is 1.20 bits per heavy atom. The molecule has 0 amide bonds. The standard InChI is InChI=1S/C17H27NOS/c1-3-5-8-12-20-16-13-19-15-10-7-6-9-14(15)17(16)18-11-4-2/h6-7,9-10,16-18H,3-5,8,11-13H2,1-2H3. The minimum atomic E-state index is 0.437. The van der Waals surface area contributed by atoms with Crippen LogP contribution in [0.5, 0.6) is 5.75 Å². The van der Waals surface area contributed by atoms with E-state index in [2.05, 4.69) is 55.2 Å². The molecule has 0 bridgehead atoms. The van der Waals surface area contributed by atoms with Crippen LogP contribution in [0.2, 0.25) is 0 Å². The fourth-order valence-corrected chi connectivity index (χ4v) is 3.88. The van der Waals surface area contributed by atoms with Crippen molar-refractivity contribution in [1.29, 1.82) is 0 Å². The van der Waals surface area contributed by atoms with Crippen molar-refractivity contribution < 1.29 is 4.74 Å². The van der Waals surface area contributed by atoms with Gasteiger partial charge in [-0.15, -0.1) is 0 Å². The van der Waals surface area contributed by atoms with Gasteiger partial charge in [0.1, 0.15) is 12.4 Å². The Morgan fingerprint density at radius 2 is 2.05 bits per heavy atom. The minimum absolute atomic E-state index is 0.437. The summed E-state index contributed by atoms with van der Waals surface area (Å²) in [5.41, 5.74) is 1.33. The number of rotatable bonds is 8. The molecule has 0 spiro atoms. The number of benzene rings is 1. The second kappa shape index (κ2) is 8.58. The van der Waals surface area contributed by atoms with E-state index in [0.29, 0.717) is 11.3 Å². The van der Waals surface area contributed by atoms with Gasteiger partial charge in [-0.3, -0.25) is 0 Å². The first-order valence-corrected chi connectivity index (χ1v) is 8.98. The molecule has 1 heterocycles. The predicted octanol–water partition coefficient (Wildman–Crippen LogP) is 4.41. The minimum Gasteiger partial charge on any atom is -0.492 e. The summed E-state index contributed by atoms with van der Waals surface area (Å²) in [6.07, 6.45) is 5.12. The second-order valence-electron chi connectivity index (χ2n) is 5.40. The summed E-state index contributed by atoms with van der Waals surface area (Å²) in [4.78, 5) is 0. The lowest BCUT2D eigenvalue weighted by atomic mass is 10.00. The van der Waals surface area contributed by atoms with Crippen molar-refractivity contribution in [3.63, 3.8) is 0 Å². The van der Waals surface area contributed by atoms with E-state index in [9.17, 15) is 0 Å². The third kappa shape index (κ3) is 4.16. The number of nitrogens with one attached hydrogen (secondary N) is 1. The summed E-state index contributed by atoms with van der Waals surface area (Å²) in [7, 11) is 0. The predicted molar refractivity (Wildman–Crippen MR) is 88.7 cm³/mol. The van der Waals surface area contributed by atoms with Crippen LogP contribution < -0.4 is 10.1 Å². The fourth-order valence-electron chi connectivity index (χ4n) is 2.61. The van der Waals surface area contributed by atoms with E-state index in [1.165, 1.54) is 37.0 Å². The molecule has 1 aliphatic heterocycles. The van der Waals surface area contributed by atoms with E-state index < -0.39 is 0 Å². The van der Waals surface area contributed by atoms with E-state index >= 15 is 0 Å². The molecule has 0 saturated carbocycles. The highest BCUT2D eigenvalue weighted by Crippen LogP contribution is 2.37. The summed E-state index contributed by atoms with van der Waals surface area (Å²) >= 11 is 2.07. The largest absolute Gasteiger partial charge is 0.492 e. The lowest BCUT2D eigenvalue weighted by molar-refractivity contribution is 0.260. The molecule has 1 N–H and O–H groups in total. The van der Waals surface area contributed by atoms with Crippen LogP contribution >= 0.6 is 11.8 Å². The molecule has 1 aromatic rings. The Balaban J connectivity index is 2.00. The molecule has 2 nitrogen and oxygen atoms in total. The first kappa shape index (κ1) is 15.7. The molecule has 0 saturated heterocycles. The van der Waals surface area contributed by atoms with Gasteiger partial charge in [-0.1, -0.05) is 44.9 Å². The van der Waals surface area contributed by atoms with E-state index in [1.807, 2.05) is 0 Å². The summed E-state index contributed by atoms with van der Waals surface area (Å²) < 4.78 is 5.94. The molecule has 112 valence electrons. The average Bonchev–Trinajstić information content (AvgIpc) is 2.50. The van der Waals surface area contributed by atoms with Gasteiger partial charge in [-0.25, -0.2) is 0 Å². The fraction of sp³-hybridized carbons (Fsp3) is 0.647. The van der Waals surface area contributed by atoms with Gasteiger partial charge >= 0.3 is 0 Å². The van der Waals surface area contributed by atoms with Gasteiger partial charge in [0.2, 0.25) is 0 Å². The highest BCUT2D eigenvalue weighted by molar-refractivity contribution is 7.99. The molecule has 2 rings (SSSR count). The maximum Gasteiger partial charge on any atom is 0.124 e. The maximum absolute atomic E-state index is 5.94. The van der Waals surface area contributed by atoms with Crippen LogP contribution in [-0.4, -0.2) is 24.2 Å². The SMILES string of the molecule is CCCCCSC1COc2ccccc2C1NCCC. The molecular weight excluding hydrogens is 266 g/mol. The van der Waals surface area contributed by atoms with Gasteiger partial charge in [0.05, 0.1) is 11.3 Å². The highest BCUT2D eigenvalue weighted by Gasteiger charge is 2.30. The Bertz CT molecular complexity index is 396. The van der Waals surface area contributed by atoms with Crippen LogP contribution in [0.4, 0.5) is 0 Å². The average molecular weight is 293 g/mol. The molecule has 0 aromatic heterocycles. The van der Waals surface area contributed by atoms with Crippen LogP contribution in [-0.2, 0) is 0 Å². The third-order valence-corrected chi connectivity index (χ3v) is 5.08. The Hall–Kier alpha value is -0.670. The van der Waals surface area contributed by atoms with Gasteiger partial charge in [-0.05, 0) is 31.2 Å². The maximum atomic E-state index is 5.94. The van der Waals surface area contributed by atoms with Crippen LogP contribution in [0.25, 0.3) is 0 Å². The number of hydrogen-bond donors (Lipinski definition) is 1. The molecule has 0 aliphatic carbocycles. The lowest BCUT2D eigenvalue weighted by Gasteiger charge is -2.34. The summed E-state index contributed by atoms with van der Waals surface area (Å²) in [6.45, 7) is 6.39. The summed E-state index contributed by atoms with van der Waals surface area (Å²) in [6, 6.07) is 8.92. The molecule has 2 atom stereocenters. The van der Waals surface area contributed by atoms with Crippen molar-refractivity contribution in [3.05, 3.63) is 29.8 Å². The van der Waals surface area contributed by atoms with Gasteiger partial charge in [0.25, 0.3) is 0 Å². The molecule has 0 fully saturated rings. The number of para-hydroxylation sites is 1. The van der Waals surface area contributed by atoms with E-state index in [0.717, 1.165) is 18.9 Å². The zero-order valence-corrected chi connectivity index (χ0v) is 13.5. The molecule has 20 heavy (non-hydrogen) atoms. The van der Waals surface area contributed by atoms with E-state index in [4.69, 9.17) is 4.74 Å². The van der Waals surface area contributed by atoms with Crippen LogP contribution in [0, 0.1) is 0 Å². The summed E-state index contributed by atoms with van der Waals surface area (Å²) in [5.74, 6) is 2.31. The van der Waals surface area contributed by atoms with Crippen LogP contribution in [0.1, 0.15) is 51.1 Å². The number of hydrogen-bond acceptors (Lipinski definition) is 3. The zero-order valence-electron chi connectivity index (χ0n) is 12.7. The van der Waals surface area contributed by atoms with Crippen LogP contribution in [0.15, 0.2) is 24.3 Å². The van der Waals surface area contributed by atoms with Crippen molar-refractivity contribution in [1.82, 2.24) is 5.32 Å². The monoisotopic (exact) mass is 293 g/mol. The molecule has 3 heteroatoms. The zero-order chi connectivity index (χ0) is 14.2. The number of fused-ring (bicyclic) bond motifs is 1. The molecule has 1 aliphatic rings. The Labute approximate surface area is 127 Å². The summed E-state index contributed by atoms with van der Waals surface area (Å²) in [5, 5.41) is 4.25. The number of ether oxygens (including phenoxy) is 1. The number of unbranched alkanes of at least 4 members (excludes halogenated alkanes) is 2. The smallest absolute Gasteiger partial charge is 0.124 e. The van der Waals surface area contributed by atoms with Crippen LogP contribution in [0.3, 0.4) is 0 Å². The molecule has 2 unspecified atom stereocenters. The van der Waals surface area contributed by atoms with Gasteiger partial charge in [-0.2, -0.15) is 11.8 Å².